The van der Waals surface area contributed by atoms with Crippen molar-refractivity contribution in [3.05, 3.63) is 52.0 Å². The van der Waals surface area contributed by atoms with E-state index >= 15 is 0 Å². The van der Waals surface area contributed by atoms with E-state index in [1.807, 2.05) is 6.07 Å². The molecule has 0 spiro atoms. The quantitative estimate of drug-likeness (QED) is 0.730. The van der Waals surface area contributed by atoms with Crippen LogP contribution in [0.25, 0.3) is 0 Å². The van der Waals surface area contributed by atoms with Crippen molar-refractivity contribution in [3.63, 3.8) is 0 Å². The molecule has 2 aromatic rings. The van der Waals surface area contributed by atoms with Gasteiger partial charge in [0, 0.05) is 18.0 Å². The van der Waals surface area contributed by atoms with E-state index < -0.39 is 23.8 Å². The Bertz CT molecular complexity index is 948. The highest BCUT2D eigenvalue weighted by molar-refractivity contribution is 9.10. The van der Waals surface area contributed by atoms with Crippen LogP contribution in [0.4, 0.5) is 14.7 Å². The minimum Gasteiger partial charge on any atom is -0.329 e. The number of alkyl halides is 1. The fourth-order valence-electron chi connectivity index (χ4n) is 2.50. The summed E-state index contributed by atoms with van der Waals surface area (Å²) in [7, 11) is 0. The third kappa shape index (κ3) is 4.86. The maximum absolute atomic E-state index is 13.8. The first-order valence-corrected chi connectivity index (χ1v) is 9.07. The summed E-state index contributed by atoms with van der Waals surface area (Å²) in [6.07, 6.45) is 1.79. The molecule has 7 nitrogen and oxygen atoms in total. The van der Waals surface area contributed by atoms with Gasteiger partial charge in [-0.1, -0.05) is 0 Å². The molecule has 0 aliphatic heterocycles. The summed E-state index contributed by atoms with van der Waals surface area (Å²) in [6, 6.07) is 5.72. The molecular weight excluding hydrogens is 436 g/mol. The number of halogens is 3. The van der Waals surface area contributed by atoms with Crippen molar-refractivity contribution in [1.29, 1.82) is 5.26 Å². The molecule has 28 heavy (non-hydrogen) atoms. The zero-order valence-electron chi connectivity index (χ0n) is 14.4. The standard InChI is InChI=1S/C18H14BrF2N5O2/c19-13-2-1-11(3-15(13)21)17(28)26(8-12-4-14(12)20)9-16(27)25-18-23-6-10(5-22)7-24-18/h1-3,6-7,12,14H,4,8-9H2,(H,23,24,25,27)/t12-,14-/m0/s1. The highest BCUT2D eigenvalue weighted by Crippen LogP contribution is 2.34. The van der Waals surface area contributed by atoms with Gasteiger partial charge in [-0.25, -0.2) is 18.7 Å². The number of aromatic nitrogens is 2. The molecule has 1 aliphatic carbocycles. The van der Waals surface area contributed by atoms with Crippen molar-refractivity contribution >= 4 is 33.7 Å². The number of nitrogens with one attached hydrogen (secondary N) is 1. The van der Waals surface area contributed by atoms with Gasteiger partial charge in [0.2, 0.25) is 11.9 Å². The molecule has 1 aliphatic rings. The molecular formula is C18H14BrF2N5O2. The normalized spacial score (nSPS) is 17.5. The Labute approximate surface area is 167 Å². The number of nitrogens with zero attached hydrogens (tertiary/aromatic N) is 4. The number of hydrogen-bond donors (Lipinski definition) is 1. The lowest BCUT2D eigenvalue weighted by atomic mass is 10.2. The highest BCUT2D eigenvalue weighted by atomic mass is 79.9. The lowest BCUT2D eigenvalue weighted by Crippen LogP contribution is -2.39. The maximum atomic E-state index is 13.8. The van der Waals surface area contributed by atoms with Crippen molar-refractivity contribution in [2.24, 2.45) is 5.92 Å². The van der Waals surface area contributed by atoms with E-state index in [1.165, 1.54) is 29.4 Å². The Balaban J connectivity index is 1.71. The number of carbonyl (C=O) groups is 2. The third-order valence-corrected chi connectivity index (χ3v) is 4.75. The number of hydrogen-bond acceptors (Lipinski definition) is 5. The average Bonchev–Trinajstić information content (AvgIpc) is 3.38. The molecule has 1 aromatic carbocycles. The highest BCUT2D eigenvalue weighted by Gasteiger charge is 2.40. The topological polar surface area (TPSA) is 99.0 Å². The molecule has 0 saturated heterocycles. The van der Waals surface area contributed by atoms with Crippen LogP contribution in [-0.4, -0.2) is 45.9 Å². The number of rotatable bonds is 6. The van der Waals surface area contributed by atoms with Gasteiger partial charge < -0.3 is 4.90 Å². The summed E-state index contributed by atoms with van der Waals surface area (Å²) in [6.45, 7) is -0.331. The molecule has 3 rings (SSSR count). The predicted molar refractivity (Wildman–Crippen MR) is 98.4 cm³/mol. The first kappa shape index (κ1) is 19.8. The number of nitriles is 1. The van der Waals surface area contributed by atoms with E-state index in [9.17, 15) is 18.4 Å². The van der Waals surface area contributed by atoms with E-state index in [0.29, 0.717) is 6.42 Å². The van der Waals surface area contributed by atoms with Gasteiger partial charge in [-0.3, -0.25) is 14.9 Å². The van der Waals surface area contributed by atoms with Crippen LogP contribution in [-0.2, 0) is 4.79 Å². The van der Waals surface area contributed by atoms with Crippen LogP contribution < -0.4 is 5.32 Å². The maximum Gasteiger partial charge on any atom is 0.254 e. The van der Waals surface area contributed by atoms with Crippen molar-refractivity contribution < 1.29 is 18.4 Å². The number of amides is 2. The molecule has 1 fully saturated rings. The molecule has 10 heteroatoms. The van der Waals surface area contributed by atoms with Crippen molar-refractivity contribution in [1.82, 2.24) is 14.9 Å². The molecule has 144 valence electrons. The summed E-state index contributed by atoms with van der Waals surface area (Å²) < 4.78 is 27.3. The molecule has 1 saturated carbocycles. The Morgan fingerprint density at radius 2 is 2.04 bits per heavy atom. The molecule has 0 bridgehead atoms. The van der Waals surface area contributed by atoms with Crippen molar-refractivity contribution in [2.45, 2.75) is 12.6 Å². The van der Waals surface area contributed by atoms with E-state index in [1.54, 1.807) is 0 Å². The minimum atomic E-state index is -1.01. The molecule has 0 unspecified atom stereocenters. The summed E-state index contributed by atoms with van der Waals surface area (Å²) in [5.74, 6) is -2.16. The predicted octanol–water partition coefficient (Wildman–Crippen LogP) is 2.69. The van der Waals surface area contributed by atoms with Crippen LogP contribution in [0.15, 0.2) is 35.1 Å². The van der Waals surface area contributed by atoms with Crippen molar-refractivity contribution in [3.8, 4) is 6.07 Å². The smallest absolute Gasteiger partial charge is 0.254 e. The van der Waals surface area contributed by atoms with Crippen LogP contribution in [0.3, 0.4) is 0 Å². The summed E-state index contributed by atoms with van der Waals surface area (Å²) >= 11 is 3.01. The van der Waals surface area contributed by atoms with E-state index in [4.69, 9.17) is 5.26 Å². The van der Waals surface area contributed by atoms with E-state index in [-0.39, 0.29) is 40.6 Å². The molecule has 1 N–H and O–H groups in total. The van der Waals surface area contributed by atoms with Gasteiger partial charge in [0.1, 0.15) is 24.6 Å². The fraction of sp³-hybridized carbons (Fsp3) is 0.278. The first-order chi connectivity index (χ1) is 13.4. The SMILES string of the molecule is N#Cc1cnc(NC(=O)CN(C[C@@H]2C[C@@H]2F)C(=O)c2ccc(Br)c(F)c2)nc1. The molecule has 1 heterocycles. The van der Waals surface area contributed by atoms with Crippen LogP contribution in [0.1, 0.15) is 22.3 Å². The largest absolute Gasteiger partial charge is 0.329 e. The Kier molecular flexibility index (Phi) is 5.94. The number of anilines is 1. The Morgan fingerprint density at radius 3 is 2.61 bits per heavy atom. The van der Waals surface area contributed by atoms with Crippen LogP contribution in [0.5, 0.6) is 0 Å². The molecule has 0 radical (unpaired) electrons. The van der Waals surface area contributed by atoms with Crippen LogP contribution >= 0.6 is 15.9 Å². The first-order valence-electron chi connectivity index (χ1n) is 8.27. The monoisotopic (exact) mass is 449 g/mol. The van der Waals surface area contributed by atoms with Crippen molar-refractivity contribution in [2.75, 3.05) is 18.4 Å². The summed E-state index contributed by atoms with van der Waals surface area (Å²) in [5, 5.41) is 11.1. The number of carbonyl (C=O) groups excluding carboxylic acids is 2. The van der Waals surface area contributed by atoms with E-state index in [2.05, 4.69) is 31.2 Å². The second-order valence-corrected chi connectivity index (χ2v) is 7.14. The van der Waals surface area contributed by atoms with Gasteiger partial charge in [-0.2, -0.15) is 5.26 Å². The van der Waals surface area contributed by atoms with E-state index in [0.717, 1.165) is 6.07 Å². The van der Waals surface area contributed by atoms with Gasteiger partial charge in [0.15, 0.2) is 0 Å². The zero-order chi connectivity index (χ0) is 20.3. The fourth-order valence-corrected chi connectivity index (χ4v) is 2.75. The van der Waals surface area contributed by atoms with Gasteiger partial charge in [0.05, 0.1) is 22.4 Å². The van der Waals surface area contributed by atoms with Gasteiger partial charge in [0.25, 0.3) is 5.91 Å². The summed E-state index contributed by atoms with van der Waals surface area (Å²) in [5.41, 5.74) is 0.286. The average molecular weight is 450 g/mol. The second kappa shape index (κ2) is 8.39. The summed E-state index contributed by atoms with van der Waals surface area (Å²) in [4.78, 5) is 33.8. The Morgan fingerprint density at radius 1 is 1.36 bits per heavy atom. The second-order valence-electron chi connectivity index (χ2n) is 6.28. The molecule has 2 amide bonds. The zero-order valence-corrected chi connectivity index (χ0v) is 16.0. The third-order valence-electron chi connectivity index (χ3n) is 4.11. The Hall–Kier alpha value is -2.93. The van der Waals surface area contributed by atoms with Gasteiger partial charge in [-0.05, 0) is 40.5 Å². The number of benzene rings is 1. The van der Waals surface area contributed by atoms with Gasteiger partial charge in [-0.15, -0.1) is 0 Å². The molecule has 2 atom stereocenters. The van der Waals surface area contributed by atoms with Gasteiger partial charge >= 0.3 is 0 Å². The lowest BCUT2D eigenvalue weighted by molar-refractivity contribution is -0.117. The van der Waals surface area contributed by atoms with Crippen LogP contribution in [0, 0.1) is 23.1 Å². The minimum absolute atomic E-state index is 0.0270. The lowest BCUT2D eigenvalue weighted by Gasteiger charge is -2.22. The molecule has 1 aromatic heterocycles. The van der Waals surface area contributed by atoms with Crippen LogP contribution in [0.2, 0.25) is 0 Å².